The Kier molecular flexibility index (Phi) is 3.72. The Labute approximate surface area is 80.1 Å². The molecule has 0 heterocycles. The second-order valence-corrected chi connectivity index (χ2v) is 3.95. The van der Waals surface area contributed by atoms with Crippen LogP contribution in [0.5, 0.6) is 0 Å². The molecular weight excluding hydrogens is 166 g/mol. The normalized spacial score (nSPS) is 28.9. The van der Waals surface area contributed by atoms with Crippen LogP contribution < -0.4 is 0 Å². The van der Waals surface area contributed by atoms with Gasteiger partial charge in [-0.1, -0.05) is 12.8 Å². The van der Waals surface area contributed by atoms with Gasteiger partial charge in [0.25, 0.3) is 0 Å². The van der Waals surface area contributed by atoms with Crippen molar-refractivity contribution in [3.8, 4) is 0 Å². The van der Waals surface area contributed by atoms with Gasteiger partial charge in [-0.15, -0.1) is 0 Å². The van der Waals surface area contributed by atoms with E-state index in [9.17, 15) is 4.79 Å². The molecule has 0 bridgehead atoms. The molecule has 3 nitrogen and oxygen atoms in total. The van der Waals surface area contributed by atoms with Crippen LogP contribution in [0.4, 0.5) is 0 Å². The number of hydrogen-bond donors (Lipinski definition) is 0. The highest BCUT2D eigenvalue weighted by Crippen LogP contribution is 2.27. The van der Waals surface area contributed by atoms with Gasteiger partial charge in [-0.3, -0.25) is 4.79 Å². The lowest BCUT2D eigenvalue weighted by Gasteiger charge is -2.34. The average Bonchev–Trinajstić information content (AvgIpc) is 2.16. The van der Waals surface area contributed by atoms with E-state index in [4.69, 9.17) is 4.74 Å². The number of nitrogens with zero attached hydrogens (tertiary/aromatic N) is 1. The molecule has 0 saturated heterocycles. The van der Waals surface area contributed by atoms with E-state index in [2.05, 4.69) is 4.90 Å². The van der Waals surface area contributed by atoms with Crippen molar-refractivity contribution in [1.82, 2.24) is 4.90 Å². The largest absolute Gasteiger partial charge is 0.469 e. The highest BCUT2D eigenvalue weighted by molar-refractivity contribution is 5.73. The second-order valence-electron chi connectivity index (χ2n) is 3.95. The molecule has 1 fully saturated rings. The molecule has 0 amide bonds. The summed E-state index contributed by atoms with van der Waals surface area (Å²) in [5, 5.41) is 0. The van der Waals surface area contributed by atoms with Gasteiger partial charge in [-0.25, -0.2) is 0 Å². The maximum absolute atomic E-state index is 11.4. The second kappa shape index (κ2) is 4.61. The molecule has 1 aliphatic carbocycles. The molecule has 0 aromatic rings. The number of methoxy groups -OCH3 is 1. The van der Waals surface area contributed by atoms with Gasteiger partial charge < -0.3 is 9.64 Å². The van der Waals surface area contributed by atoms with Crippen LogP contribution in [0.1, 0.15) is 25.7 Å². The zero-order valence-electron chi connectivity index (χ0n) is 8.75. The van der Waals surface area contributed by atoms with E-state index in [1.54, 1.807) is 0 Å². The molecule has 2 unspecified atom stereocenters. The molecule has 0 spiro atoms. The van der Waals surface area contributed by atoms with Gasteiger partial charge in [-0.2, -0.15) is 0 Å². The molecule has 1 rings (SSSR count). The van der Waals surface area contributed by atoms with Gasteiger partial charge >= 0.3 is 5.97 Å². The number of hydrogen-bond acceptors (Lipinski definition) is 3. The van der Waals surface area contributed by atoms with Crippen LogP contribution in [0.3, 0.4) is 0 Å². The molecule has 13 heavy (non-hydrogen) atoms. The van der Waals surface area contributed by atoms with E-state index in [1.807, 2.05) is 14.1 Å². The van der Waals surface area contributed by atoms with Crippen molar-refractivity contribution in [2.45, 2.75) is 31.7 Å². The lowest BCUT2D eigenvalue weighted by molar-refractivity contribution is -0.148. The Balaban J connectivity index is 2.61. The minimum absolute atomic E-state index is 0.0431. The van der Waals surface area contributed by atoms with Crippen LogP contribution in [0, 0.1) is 5.92 Å². The molecule has 1 saturated carbocycles. The molecule has 0 radical (unpaired) electrons. The third kappa shape index (κ3) is 2.44. The fourth-order valence-corrected chi connectivity index (χ4v) is 2.16. The van der Waals surface area contributed by atoms with Gasteiger partial charge in [0, 0.05) is 6.04 Å². The summed E-state index contributed by atoms with van der Waals surface area (Å²) in [7, 11) is 5.54. The van der Waals surface area contributed by atoms with Gasteiger partial charge in [-0.05, 0) is 26.9 Å². The van der Waals surface area contributed by atoms with Gasteiger partial charge in [0.05, 0.1) is 13.0 Å². The van der Waals surface area contributed by atoms with Crippen molar-refractivity contribution in [2.24, 2.45) is 5.92 Å². The average molecular weight is 185 g/mol. The zero-order chi connectivity index (χ0) is 9.84. The van der Waals surface area contributed by atoms with Crippen LogP contribution >= 0.6 is 0 Å². The first-order valence-electron chi connectivity index (χ1n) is 4.91. The molecule has 0 aromatic heterocycles. The molecule has 1 aliphatic rings. The fourth-order valence-electron chi connectivity index (χ4n) is 2.16. The summed E-state index contributed by atoms with van der Waals surface area (Å²) in [4.78, 5) is 13.6. The fraction of sp³-hybridized carbons (Fsp3) is 0.900. The lowest BCUT2D eigenvalue weighted by atomic mass is 9.84. The van der Waals surface area contributed by atoms with Crippen molar-refractivity contribution < 1.29 is 9.53 Å². The maximum atomic E-state index is 11.4. The number of ether oxygens (including phenoxy) is 1. The minimum Gasteiger partial charge on any atom is -0.469 e. The van der Waals surface area contributed by atoms with Crippen LogP contribution in [0.15, 0.2) is 0 Å². The third-order valence-corrected chi connectivity index (χ3v) is 2.90. The van der Waals surface area contributed by atoms with Gasteiger partial charge in [0.2, 0.25) is 0 Å². The third-order valence-electron chi connectivity index (χ3n) is 2.90. The minimum atomic E-state index is -0.0431. The van der Waals surface area contributed by atoms with Crippen molar-refractivity contribution in [1.29, 1.82) is 0 Å². The van der Waals surface area contributed by atoms with Crippen molar-refractivity contribution in [2.75, 3.05) is 21.2 Å². The number of carbonyl (C=O) groups excluding carboxylic acids is 1. The van der Waals surface area contributed by atoms with Gasteiger partial charge in [0.15, 0.2) is 0 Å². The Bertz CT molecular complexity index is 180. The highest BCUT2D eigenvalue weighted by Gasteiger charge is 2.32. The predicted octanol–water partition coefficient (Wildman–Crippen LogP) is 1.28. The Morgan fingerprint density at radius 2 is 1.92 bits per heavy atom. The SMILES string of the molecule is COC(=O)C1CCCCC1N(C)C. The monoisotopic (exact) mass is 185 g/mol. The Morgan fingerprint density at radius 1 is 1.31 bits per heavy atom. The van der Waals surface area contributed by atoms with Crippen molar-refractivity contribution >= 4 is 5.97 Å². The summed E-state index contributed by atoms with van der Waals surface area (Å²) in [6.45, 7) is 0. The first kappa shape index (κ1) is 10.5. The number of carbonyl (C=O) groups is 1. The molecule has 76 valence electrons. The predicted molar refractivity (Wildman–Crippen MR) is 51.4 cm³/mol. The summed E-state index contributed by atoms with van der Waals surface area (Å²) in [6.07, 6.45) is 4.49. The quantitative estimate of drug-likeness (QED) is 0.607. The summed E-state index contributed by atoms with van der Waals surface area (Å²) < 4.78 is 4.80. The van der Waals surface area contributed by atoms with E-state index in [-0.39, 0.29) is 11.9 Å². The van der Waals surface area contributed by atoms with E-state index in [1.165, 1.54) is 13.5 Å². The molecular formula is C10H19NO2. The highest BCUT2D eigenvalue weighted by atomic mass is 16.5. The molecule has 0 aromatic carbocycles. The first-order valence-corrected chi connectivity index (χ1v) is 4.91. The van der Waals surface area contributed by atoms with Crippen LogP contribution in [0.25, 0.3) is 0 Å². The zero-order valence-corrected chi connectivity index (χ0v) is 8.75. The first-order chi connectivity index (χ1) is 6.16. The van der Waals surface area contributed by atoms with E-state index >= 15 is 0 Å². The van der Waals surface area contributed by atoms with E-state index in [0.717, 1.165) is 19.3 Å². The van der Waals surface area contributed by atoms with Crippen LogP contribution in [0.2, 0.25) is 0 Å². The van der Waals surface area contributed by atoms with Crippen molar-refractivity contribution in [3.63, 3.8) is 0 Å². The van der Waals surface area contributed by atoms with E-state index in [0.29, 0.717) is 6.04 Å². The number of rotatable bonds is 2. The smallest absolute Gasteiger partial charge is 0.310 e. The standard InChI is InChI=1S/C10H19NO2/c1-11(2)9-7-5-4-6-8(9)10(12)13-3/h8-9H,4-7H2,1-3H3. The number of esters is 1. The summed E-state index contributed by atoms with van der Waals surface area (Å²) >= 11 is 0. The van der Waals surface area contributed by atoms with Crippen molar-refractivity contribution in [3.05, 3.63) is 0 Å². The summed E-state index contributed by atoms with van der Waals surface area (Å²) in [5.74, 6) is 0.0483. The maximum Gasteiger partial charge on any atom is 0.310 e. The lowest BCUT2D eigenvalue weighted by Crippen LogP contribution is -2.41. The summed E-state index contributed by atoms with van der Waals surface area (Å²) in [5.41, 5.74) is 0. The molecule has 2 atom stereocenters. The van der Waals surface area contributed by atoms with Crippen LogP contribution in [-0.4, -0.2) is 38.1 Å². The van der Waals surface area contributed by atoms with Crippen LogP contribution in [-0.2, 0) is 9.53 Å². The van der Waals surface area contributed by atoms with E-state index < -0.39 is 0 Å². The Hall–Kier alpha value is -0.570. The Morgan fingerprint density at radius 3 is 2.46 bits per heavy atom. The molecule has 0 N–H and O–H groups in total. The topological polar surface area (TPSA) is 29.5 Å². The van der Waals surface area contributed by atoms with Gasteiger partial charge in [0.1, 0.15) is 0 Å². The molecule has 3 heteroatoms. The summed E-state index contributed by atoms with van der Waals surface area (Å²) in [6, 6.07) is 0.376. The molecule has 0 aliphatic heterocycles.